The largest absolute Gasteiger partial charge is 0.488 e. The highest BCUT2D eigenvalue weighted by Gasteiger charge is 2.39. The Labute approximate surface area is 678 Å². The van der Waals surface area contributed by atoms with Crippen LogP contribution in [0.25, 0.3) is 31.3 Å². The molecule has 0 bridgehead atoms. The second-order valence-electron chi connectivity index (χ2n) is 34.3. The maximum Gasteiger partial charge on any atom is 0.179 e. The van der Waals surface area contributed by atoms with Crippen LogP contribution in [0.15, 0.2) is 88.9 Å². The number of thiophene rings is 3. The number of anilines is 3. The number of hydrogen-bond donors (Lipinski definition) is 0. The van der Waals surface area contributed by atoms with Gasteiger partial charge in [-0.2, -0.15) is 0 Å². The molecule has 0 radical (unpaired) electrons. The molecule has 6 aromatic rings. The SMILES string of the molecule is CCCCCCCCCCC1(CCCCCCCCCC)COc2csc(-c3ccc(N(c4ccc(-c5scc6c5OCC(CCCCCCCCCC)(CCCCCCCCCC)CO6)cc4)c4ccc(-c5scc6c5OCC(CCCCCCCCCC)(CCCCCCCCCC)CO6)cc4)cc3)c2OC1. The molecule has 109 heavy (non-hydrogen) atoms. The number of rotatable bonds is 60. The van der Waals surface area contributed by atoms with Gasteiger partial charge in [0.2, 0.25) is 0 Å². The Balaban J connectivity index is 0.948. The summed E-state index contributed by atoms with van der Waals surface area (Å²) in [6.07, 6.45) is 71.0. The van der Waals surface area contributed by atoms with E-state index >= 15 is 0 Å². The van der Waals surface area contributed by atoms with Crippen LogP contribution in [0.2, 0.25) is 0 Å². The Bertz CT molecular complexity index is 2900. The summed E-state index contributed by atoms with van der Waals surface area (Å²) in [5, 5.41) is 6.63. The molecular weight excluding hydrogens is 1400 g/mol. The molecule has 0 saturated heterocycles. The van der Waals surface area contributed by atoms with E-state index in [-0.39, 0.29) is 16.2 Å². The van der Waals surface area contributed by atoms with E-state index in [2.05, 4.69) is 135 Å². The molecule has 3 aromatic heterocycles. The molecular formula is C99H153NO6S3. The number of hydrogen-bond acceptors (Lipinski definition) is 10. The van der Waals surface area contributed by atoms with Gasteiger partial charge in [-0.25, -0.2) is 0 Å². The van der Waals surface area contributed by atoms with E-state index in [9.17, 15) is 0 Å². The van der Waals surface area contributed by atoms with Crippen LogP contribution in [0.5, 0.6) is 34.5 Å². The lowest BCUT2D eigenvalue weighted by Gasteiger charge is -2.31. The van der Waals surface area contributed by atoms with Gasteiger partial charge in [-0.3, -0.25) is 0 Å². The fraction of sp³-hybridized carbons (Fsp3) is 0.697. The van der Waals surface area contributed by atoms with Crippen molar-refractivity contribution in [2.24, 2.45) is 16.2 Å². The summed E-state index contributed by atoms with van der Waals surface area (Å²) in [5.41, 5.74) is 6.82. The van der Waals surface area contributed by atoms with E-state index in [0.717, 1.165) is 103 Å². The van der Waals surface area contributed by atoms with Gasteiger partial charge in [0, 0.05) is 49.4 Å². The van der Waals surface area contributed by atoms with Crippen molar-refractivity contribution in [3.63, 3.8) is 0 Å². The molecule has 0 N–H and O–H groups in total. The van der Waals surface area contributed by atoms with Gasteiger partial charge in [0.15, 0.2) is 34.5 Å². The van der Waals surface area contributed by atoms with Crippen LogP contribution in [-0.2, 0) is 0 Å². The maximum atomic E-state index is 7.13. The van der Waals surface area contributed by atoms with Crippen LogP contribution < -0.4 is 33.3 Å². The Morgan fingerprint density at radius 2 is 0.404 bits per heavy atom. The Hall–Kier alpha value is -4.64. The molecule has 6 heterocycles. The highest BCUT2D eigenvalue weighted by Crippen LogP contribution is 2.53. The highest BCUT2D eigenvalue weighted by molar-refractivity contribution is 7.15. The van der Waals surface area contributed by atoms with Crippen molar-refractivity contribution in [3.8, 4) is 65.8 Å². The molecule has 0 aliphatic carbocycles. The molecule has 0 fully saturated rings. The van der Waals surface area contributed by atoms with E-state index in [1.54, 1.807) is 34.0 Å². The number of fused-ring (bicyclic) bond motifs is 3. The lowest BCUT2D eigenvalue weighted by atomic mass is 9.79. The maximum absolute atomic E-state index is 7.13. The number of nitrogens with zero attached hydrogens (tertiary/aromatic N) is 1. The number of benzene rings is 3. The molecule has 10 heteroatoms. The second kappa shape index (κ2) is 51.3. The minimum Gasteiger partial charge on any atom is -0.488 e. The first kappa shape index (κ1) is 88.3. The van der Waals surface area contributed by atoms with Gasteiger partial charge < -0.3 is 33.3 Å². The van der Waals surface area contributed by atoms with Gasteiger partial charge >= 0.3 is 0 Å². The molecule has 0 saturated carbocycles. The minimum absolute atomic E-state index is 0.0230. The average Bonchev–Trinajstić information content (AvgIpc) is 1.34. The molecule has 7 nitrogen and oxygen atoms in total. The molecule has 0 atom stereocenters. The van der Waals surface area contributed by atoms with Gasteiger partial charge in [0.25, 0.3) is 0 Å². The summed E-state index contributed by atoms with van der Waals surface area (Å²) < 4.78 is 42.2. The van der Waals surface area contributed by atoms with Crippen LogP contribution in [-0.4, -0.2) is 39.6 Å². The molecule has 0 spiro atoms. The lowest BCUT2D eigenvalue weighted by molar-refractivity contribution is 0.0783. The molecule has 3 aliphatic heterocycles. The van der Waals surface area contributed by atoms with Crippen molar-refractivity contribution in [2.45, 2.75) is 388 Å². The molecule has 9 rings (SSSR count). The molecule has 3 aromatic carbocycles. The summed E-state index contributed by atoms with van der Waals surface area (Å²) in [6, 6.07) is 27.7. The van der Waals surface area contributed by atoms with Crippen LogP contribution in [0.4, 0.5) is 17.1 Å². The molecule has 3 aliphatic rings. The smallest absolute Gasteiger partial charge is 0.179 e. The molecule has 608 valence electrons. The lowest BCUT2D eigenvalue weighted by Crippen LogP contribution is -2.33. The first-order valence-corrected chi connectivity index (χ1v) is 48.7. The van der Waals surface area contributed by atoms with Crippen molar-refractivity contribution in [1.29, 1.82) is 0 Å². The third-order valence-electron chi connectivity index (χ3n) is 24.8. The highest BCUT2D eigenvalue weighted by atomic mass is 32.1. The summed E-state index contributed by atoms with van der Waals surface area (Å²) in [4.78, 5) is 5.87. The third-order valence-corrected chi connectivity index (χ3v) is 27.8. The zero-order chi connectivity index (χ0) is 76.1. The van der Waals surface area contributed by atoms with Gasteiger partial charge in [-0.15, -0.1) is 34.0 Å². The Kier molecular flexibility index (Phi) is 41.5. The van der Waals surface area contributed by atoms with Crippen LogP contribution in [0, 0.1) is 16.2 Å². The van der Waals surface area contributed by atoms with E-state index in [4.69, 9.17) is 28.4 Å². The fourth-order valence-electron chi connectivity index (χ4n) is 17.6. The van der Waals surface area contributed by atoms with Gasteiger partial charge in [0.1, 0.15) is 0 Å². The summed E-state index contributed by atoms with van der Waals surface area (Å²) in [6.45, 7) is 18.2. The first-order chi connectivity index (χ1) is 53.8. The summed E-state index contributed by atoms with van der Waals surface area (Å²) in [5.74, 6) is 5.50. The Morgan fingerprint density at radius 3 is 0.596 bits per heavy atom. The number of ether oxygens (including phenoxy) is 6. The van der Waals surface area contributed by atoms with Crippen molar-refractivity contribution in [1.82, 2.24) is 0 Å². The Morgan fingerprint density at radius 1 is 0.229 bits per heavy atom. The van der Waals surface area contributed by atoms with E-state index in [1.165, 1.54) is 347 Å². The predicted octanol–water partition coefficient (Wildman–Crippen LogP) is 33.8. The van der Waals surface area contributed by atoms with Crippen molar-refractivity contribution in [3.05, 3.63) is 88.9 Å². The summed E-state index contributed by atoms with van der Waals surface area (Å²) >= 11 is 5.26. The standard InChI is InChI=1S/C99H153NO6S3/c1-7-13-19-25-31-37-43-49-67-97(68-50-44-38-32-26-20-14-8-2)76-101-88-73-107-94(91(88)104-79-97)82-55-61-85(62-56-82)100(86-63-57-83(58-64-86)95-92-89(74-108-95)102-77-98(80-105-92,69-51-45-39-33-27-21-15-9-3)70-52-46-40-34-28-22-16-10-4)87-65-59-84(60-66-87)96-93-90(75-109-96)103-78-99(81-106-93,71-53-47-41-35-29-23-17-11-5)72-54-48-42-36-30-24-18-12-6/h55-66,73-75H,7-54,67-72,76-81H2,1-6H3. The number of unbranched alkanes of at least 4 members (excludes halogenated alkanes) is 42. The van der Waals surface area contributed by atoms with Crippen LogP contribution in [0.1, 0.15) is 388 Å². The van der Waals surface area contributed by atoms with Gasteiger partial charge in [-0.05, 0) is 91.6 Å². The second-order valence-corrected chi connectivity index (χ2v) is 37.0. The molecule has 0 amide bonds. The van der Waals surface area contributed by atoms with E-state index < -0.39 is 0 Å². The zero-order valence-electron chi connectivity index (χ0n) is 70.2. The molecule has 0 unspecified atom stereocenters. The van der Waals surface area contributed by atoms with E-state index in [1.807, 2.05) is 0 Å². The summed E-state index contributed by atoms with van der Waals surface area (Å²) in [7, 11) is 0. The monoisotopic (exact) mass is 1550 g/mol. The fourth-order valence-corrected chi connectivity index (χ4v) is 20.4. The van der Waals surface area contributed by atoms with Crippen LogP contribution in [0.3, 0.4) is 0 Å². The first-order valence-electron chi connectivity index (χ1n) is 46.0. The van der Waals surface area contributed by atoms with E-state index in [0.29, 0.717) is 19.8 Å². The van der Waals surface area contributed by atoms with Crippen LogP contribution >= 0.6 is 34.0 Å². The van der Waals surface area contributed by atoms with Gasteiger partial charge in [-0.1, -0.05) is 386 Å². The zero-order valence-corrected chi connectivity index (χ0v) is 72.7. The van der Waals surface area contributed by atoms with Gasteiger partial charge in [0.05, 0.1) is 54.3 Å². The minimum atomic E-state index is 0.0230. The average molecular weight is 1550 g/mol. The van der Waals surface area contributed by atoms with Crippen molar-refractivity contribution in [2.75, 3.05) is 44.5 Å². The third kappa shape index (κ3) is 29.3. The normalized spacial score (nSPS) is 14.9. The topological polar surface area (TPSA) is 58.6 Å². The van der Waals surface area contributed by atoms with Crippen molar-refractivity contribution < 1.29 is 28.4 Å². The quantitative estimate of drug-likeness (QED) is 0.0353. The predicted molar refractivity (Wildman–Crippen MR) is 475 cm³/mol. The van der Waals surface area contributed by atoms with Crippen molar-refractivity contribution >= 4 is 51.1 Å².